The molecule has 0 saturated carbocycles. The van der Waals surface area contributed by atoms with Gasteiger partial charge >= 0.3 is 5.97 Å². The number of rotatable bonds is 7. The van der Waals surface area contributed by atoms with E-state index in [9.17, 15) is 4.79 Å². The van der Waals surface area contributed by atoms with E-state index in [0.29, 0.717) is 30.6 Å². The number of methoxy groups -OCH3 is 1. The molecule has 110 valence electrons. The molecule has 0 bridgehead atoms. The van der Waals surface area contributed by atoms with Crippen molar-refractivity contribution in [1.82, 2.24) is 9.97 Å². The maximum absolute atomic E-state index is 11.2. The van der Waals surface area contributed by atoms with Crippen LogP contribution < -0.4 is 10.6 Å². The number of hydrogen-bond acceptors (Lipinski definition) is 6. The third kappa shape index (κ3) is 4.15. The highest BCUT2D eigenvalue weighted by Gasteiger charge is 2.09. The van der Waals surface area contributed by atoms with Crippen LogP contribution >= 0.6 is 0 Å². The number of aromatic nitrogens is 2. The Hall–Kier alpha value is -2.67. The summed E-state index contributed by atoms with van der Waals surface area (Å²) in [6.07, 6.45) is 1.59. The lowest BCUT2D eigenvalue weighted by Crippen LogP contribution is -2.11. The highest BCUT2D eigenvalue weighted by atomic mass is 16.5. The minimum atomic E-state index is -0.995. The van der Waals surface area contributed by atoms with Crippen molar-refractivity contribution in [3.63, 3.8) is 0 Å². The number of para-hydroxylation sites is 1. The van der Waals surface area contributed by atoms with Gasteiger partial charge in [0, 0.05) is 19.9 Å². The number of carboxylic acid groups (broad SMARTS) is 1. The summed E-state index contributed by atoms with van der Waals surface area (Å²) in [7, 11) is 1.61. The second-order valence-corrected chi connectivity index (χ2v) is 4.16. The van der Waals surface area contributed by atoms with Gasteiger partial charge in [-0.3, -0.25) is 0 Å². The SMILES string of the molecule is COCCNc1nccc(Nc2ccccc2C(=O)O)n1. The van der Waals surface area contributed by atoms with Crippen molar-refractivity contribution < 1.29 is 14.6 Å². The van der Waals surface area contributed by atoms with Crippen LogP contribution in [0.25, 0.3) is 0 Å². The van der Waals surface area contributed by atoms with Crippen molar-refractivity contribution in [3.05, 3.63) is 42.1 Å². The number of hydrogen-bond donors (Lipinski definition) is 3. The maximum Gasteiger partial charge on any atom is 0.337 e. The Morgan fingerprint density at radius 2 is 2.14 bits per heavy atom. The summed E-state index contributed by atoms with van der Waals surface area (Å²) in [5.74, 6) is -0.0333. The molecule has 0 saturated heterocycles. The van der Waals surface area contributed by atoms with E-state index < -0.39 is 5.97 Å². The van der Waals surface area contributed by atoms with E-state index in [0.717, 1.165) is 0 Å². The van der Waals surface area contributed by atoms with Crippen molar-refractivity contribution >= 4 is 23.4 Å². The lowest BCUT2D eigenvalue weighted by Gasteiger charge is -2.10. The Kier molecular flexibility index (Phi) is 5.05. The average molecular weight is 288 g/mol. The van der Waals surface area contributed by atoms with Crippen LogP contribution in [-0.2, 0) is 4.74 Å². The Morgan fingerprint density at radius 1 is 1.33 bits per heavy atom. The Labute approximate surface area is 122 Å². The molecule has 3 N–H and O–H groups in total. The molecule has 2 aromatic rings. The van der Waals surface area contributed by atoms with E-state index in [2.05, 4.69) is 20.6 Å². The molecule has 2 rings (SSSR count). The lowest BCUT2D eigenvalue weighted by molar-refractivity contribution is 0.0698. The second-order valence-electron chi connectivity index (χ2n) is 4.16. The molecule has 21 heavy (non-hydrogen) atoms. The lowest BCUT2D eigenvalue weighted by atomic mass is 10.2. The quantitative estimate of drug-likeness (QED) is 0.670. The highest BCUT2D eigenvalue weighted by Crippen LogP contribution is 2.19. The van der Waals surface area contributed by atoms with Gasteiger partial charge in [-0.2, -0.15) is 4.98 Å². The van der Waals surface area contributed by atoms with Crippen molar-refractivity contribution in [1.29, 1.82) is 0 Å². The first-order valence-corrected chi connectivity index (χ1v) is 6.36. The normalized spacial score (nSPS) is 10.1. The summed E-state index contributed by atoms with van der Waals surface area (Å²) in [5, 5.41) is 15.1. The standard InChI is InChI=1S/C14H16N4O3/c1-21-9-8-16-14-15-7-6-12(18-14)17-11-5-3-2-4-10(11)13(19)20/h2-7H,8-9H2,1H3,(H,19,20)(H2,15,16,17,18). The monoisotopic (exact) mass is 288 g/mol. The zero-order chi connectivity index (χ0) is 15.1. The molecule has 0 aliphatic carbocycles. The molecule has 1 aromatic carbocycles. The van der Waals surface area contributed by atoms with Crippen LogP contribution in [0.1, 0.15) is 10.4 Å². The van der Waals surface area contributed by atoms with Crippen LogP contribution in [0.4, 0.5) is 17.5 Å². The molecule has 1 heterocycles. The van der Waals surface area contributed by atoms with Gasteiger partial charge in [0.1, 0.15) is 5.82 Å². The molecule has 0 aliphatic rings. The third-order valence-electron chi connectivity index (χ3n) is 2.67. The van der Waals surface area contributed by atoms with Crippen molar-refractivity contribution in [3.8, 4) is 0 Å². The molecular formula is C14H16N4O3. The zero-order valence-electron chi connectivity index (χ0n) is 11.5. The predicted molar refractivity (Wildman–Crippen MR) is 79.1 cm³/mol. The number of aromatic carboxylic acids is 1. The zero-order valence-corrected chi connectivity index (χ0v) is 11.5. The first-order chi connectivity index (χ1) is 10.2. The van der Waals surface area contributed by atoms with Gasteiger partial charge in [-0.15, -0.1) is 0 Å². The molecule has 0 atom stereocenters. The van der Waals surface area contributed by atoms with Crippen molar-refractivity contribution in [2.75, 3.05) is 30.9 Å². The number of carboxylic acids is 1. The van der Waals surface area contributed by atoms with Crippen molar-refractivity contribution in [2.24, 2.45) is 0 Å². The average Bonchev–Trinajstić information content (AvgIpc) is 2.48. The van der Waals surface area contributed by atoms with E-state index in [1.165, 1.54) is 6.07 Å². The summed E-state index contributed by atoms with van der Waals surface area (Å²) in [5.41, 5.74) is 0.663. The van der Waals surface area contributed by atoms with Gasteiger partial charge in [0.15, 0.2) is 0 Å². The number of nitrogens with one attached hydrogen (secondary N) is 2. The molecular weight excluding hydrogens is 272 g/mol. The van der Waals surface area contributed by atoms with Gasteiger partial charge in [0.2, 0.25) is 5.95 Å². The first-order valence-electron chi connectivity index (χ1n) is 6.36. The molecule has 1 aromatic heterocycles. The van der Waals surface area contributed by atoms with Crippen LogP contribution in [0.2, 0.25) is 0 Å². The number of carbonyl (C=O) groups is 1. The predicted octanol–water partition coefficient (Wildman–Crippen LogP) is 1.98. The fraction of sp³-hybridized carbons (Fsp3) is 0.214. The van der Waals surface area contributed by atoms with Crippen LogP contribution in [-0.4, -0.2) is 41.3 Å². The molecule has 7 nitrogen and oxygen atoms in total. The fourth-order valence-electron chi connectivity index (χ4n) is 1.69. The van der Waals surface area contributed by atoms with Crippen LogP contribution in [0, 0.1) is 0 Å². The highest BCUT2D eigenvalue weighted by molar-refractivity contribution is 5.94. The molecule has 0 aliphatic heterocycles. The molecule has 7 heteroatoms. The molecule has 0 radical (unpaired) electrons. The number of ether oxygens (including phenoxy) is 1. The molecule has 0 fully saturated rings. The Balaban J connectivity index is 2.13. The summed E-state index contributed by atoms with van der Waals surface area (Å²) >= 11 is 0. The van der Waals surface area contributed by atoms with Gasteiger partial charge in [-0.25, -0.2) is 9.78 Å². The summed E-state index contributed by atoms with van der Waals surface area (Å²) in [6, 6.07) is 8.31. The molecule has 0 unspecified atom stereocenters. The summed E-state index contributed by atoms with van der Waals surface area (Å²) < 4.78 is 4.93. The minimum Gasteiger partial charge on any atom is -0.478 e. The topological polar surface area (TPSA) is 96.4 Å². The number of anilines is 3. The Bertz CT molecular complexity index is 619. The van der Waals surface area contributed by atoms with Crippen LogP contribution in [0.15, 0.2) is 36.5 Å². The van der Waals surface area contributed by atoms with Crippen molar-refractivity contribution in [2.45, 2.75) is 0 Å². The van der Waals surface area contributed by atoms with Gasteiger partial charge in [0.25, 0.3) is 0 Å². The van der Waals surface area contributed by atoms with Gasteiger partial charge in [-0.05, 0) is 18.2 Å². The van der Waals surface area contributed by atoms with E-state index in [4.69, 9.17) is 9.84 Å². The van der Waals surface area contributed by atoms with E-state index >= 15 is 0 Å². The third-order valence-corrected chi connectivity index (χ3v) is 2.67. The molecule has 0 spiro atoms. The molecule has 0 amide bonds. The van der Waals surface area contributed by atoms with Gasteiger partial charge < -0.3 is 20.5 Å². The smallest absolute Gasteiger partial charge is 0.337 e. The Morgan fingerprint density at radius 3 is 2.90 bits per heavy atom. The summed E-state index contributed by atoms with van der Waals surface area (Å²) in [4.78, 5) is 19.5. The summed E-state index contributed by atoms with van der Waals surface area (Å²) in [6.45, 7) is 1.13. The first kappa shape index (κ1) is 14.7. The van der Waals surface area contributed by atoms with E-state index in [1.807, 2.05) is 0 Å². The second kappa shape index (κ2) is 7.20. The van der Waals surface area contributed by atoms with Gasteiger partial charge in [-0.1, -0.05) is 12.1 Å². The van der Waals surface area contributed by atoms with Gasteiger partial charge in [0.05, 0.1) is 17.9 Å². The van der Waals surface area contributed by atoms with E-state index in [1.54, 1.807) is 37.6 Å². The van der Waals surface area contributed by atoms with E-state index in [-0.39, 0.29) is 5.56 Å². The number of nitrogens with zero attached hydrogens (tertiary/aromatic N) is 2. The fourth-order valence-corrected chi connectivity index (χ4v) is 1.69. The maximum atomic E-state index is 11.2. The largest absolute Gasteiger partial charge is 0.478 e. The van der Waals surface area contributed by atoms with Crippen LogP contribution in [0.5, 0.6) is 0 Å². The number of benzene rings is 1. The minimum absolute atomic E-state index is 0.185. The van der Waals surface area contributed by atoms with Crippen LogP contribution in [0.3, 0.4) is 0 Å².